The van der Waals surface area contributed by atoms with Gasteiger partial charge >= 0.3 is 0 Å². The molecular formula is C31H36N6O3. The van der Waals surface area contributed by atoms with Crippen LogP contribution in [0.5, 0.6) is 11.5 Å². The Hall–Kier alpha value is -4.24. The van der Waals surface area contributed by atoms with Crippen LogP contribution >= 0.6 is 0 Å². The molecule has 0 amide bonds. The zero-order valence-electron chi connectivity index (χ0n) is 23.3. The minimum absolute atomic E-state index is 0.0978. The summed E-state index contributed by atoms with van der Waals surface area (Å²) in [6.45, 7) is 2.39. The van der Waals surface area contributed by atoms with Gasteiger partial charge in [-0.1, -0.05) is 25.7 Å². The van der Waals surface area contributed by atoms with E-state index in [1.807, 2.05) is 30.1 Å². The molecule has 0 saturated heterocycles. The van der Waals surface area contributed by atoms with E-state index in [1.165, 1.54) is 30.3 Å². The monoisotopic (exact) mass is 540 g/mol. The number of pyridine rings is 2. The molecule has 1 aliphatic heterocycles. The molecule has 40 heavy (non-hydrogen) atoms. The highest BCUT2D eigenvalue weighted by atomic mass is 16.6. The molecule has 0 bridgehead atoms. The maximum absolute atomic E-state index is 12.6. The molecule has 6 rings (SSSR count). The molecule has 9 nitrogen and oxygen atoms in total. The molecule has 3 aliphatic rings. The van der Waals surface area contributed by atoms with Gasteiger partial charge in [0.2, 0.25) is 0 Å². The van der Waals surface area contributed by atoms with Gasteiger partial charge < -0.3 is 24.3 Å². The molecule has 2 saturated carbocycles. The van der Waals surface area contributed by atoms with Crippen LogP contribution in [0.15, 0.2) is 35.1 Å². The second kappa shape index (κ2) is 12.3. The SMILES string of the molecule is CN(c1c(C#N)c(=O)n(C)c2ccc(C#N)nc12)C1CCCCC1.c1cc2c(cc1NCC1CCC1)OCCO2. The highest BCUT2D eigenvalue weighted by molar-refractivity contribution is 5.92. The number of rotatable bonds is 5. The fourth-order valence-electron chi connectivity index (χ4n) is 5.66. The molecule has 2 aliphatic carbocycles. The van der Waals surface area contributed by atoms with Crippen LogP contribution in [0.4, 0.5) is 11.4 Å². The van der Waals surface area contributed by atoms with Crippen molar-refractivity contribution in [3.8, 4) is 23.6 Å². The number of fused-ring (bicyclic) bond motifs is 2. The van der Waals surface area contributed by atoms with Crippen LogP contribution in [0.25, 0.3) is 11.0 Å². The van der Waals surface area contributed by atoms with Crippen molar-refractivity contribution in [2.45, 2.75) is 57.4 Å². The number of nitrogens with one attached hydrogen (secondary N) is 1. The lowest BCUT2D eigenvalue weighted by atomic mass is 9.85. The summed E-state index contributed by atoms with van der Waals surface area (Å²) in [6.07, 6.45) is 9.74. The lowest BCUT2D eigenvalue weighted by Gasteiger charge is -2.33. The molecule has 0 radical (unpaired) electrons. The van der Waals surface area contributed by atoms with E-state index in [0.29, 0.717) is 29.9 Å². The summed E-state index contributed by atoms with van der Waals surface area (Å²) in [4.78, 5) is 19.0. The molecule has 0 spiro atoms. The summed E-state index contributed by atoms with van der Waals surface area (Å²) in [6, 6.07) is 13.8. The number of hydrogen-bond acceptors (Lipinski definition) is 8. The first kappa shape index (κ1) is 27.3. The summed E-state index contributed by atoms with van der Waals surface area (Å²) in [5.74, 6) is 2.60. The molecule has 2 aromatic heterocycles. The highest BCUT2D eigenvalue weighted by Crippen LogP contribution is 2.34. The summed E-state index contributed by atoms with van der Waals surface area (Å²) in [7, 11) is 3.55. The van der Waals surface area contributed by atoms with Gasteiger partial charge in [0.05, 0.1) is 11.2 Å². The van der Waals surface area contributed by atoms with Crippen molar-refractivity contribution in [2.24, 2.45) is 13.0 Å². The first-order valence-electron chi connectivity index (χ1n) is 14.2. The number of hydrogen-bond donors (Lipinski definition) is 1. The molecule has 0 unspecified atom stereocenters. The van der Waals surface area contributed by atoms with Crippen LogP contribution in [0.2, 0.25) is 0 Å². The van der Waals surface area contributed by atoms with Gasteiger partial charge in [-0.15, -0.1) is 0 Å². The van der Waals surface area contributed by atoms with Crippen LogP contribution < -0.4 is 25.2 Å². The summed E-state index contributed by atoms with van der Waals surface area (Å²) < 4.78 is 12.5. The number of anilines is 2. The zero-order valence-corrected chi connectivity index (χ0v) is 23.3. The number of nitrogens with zero attached hydrogens (tertiary/aromatic N) is 5. The van der Waals surface area contributed by atoms with Gasteiger partial charge in [0.15, 0.2) is 11.5 Å². The van der Waals surface area contributed by atoms with E-state index in [4.69, 9.17) is 14.7 Å². The minimum Gasteiger partial charge on any atom is -0.486 e. The van der Waals surface area contributed by atoms with Crippen molar-refractivity contribution in [1.82, 2.24) is 9.55 Å². The molecule has 3 aromatic rings. The average molecular weight is 541 g/mol. The van der Waals surface area contributed by atoms with E-state index in [0.717, 1.165) is 55.3 Å². The van der Waals surface area contributed by atoms with Gasteiger partial charge in [0, 0.05) is 38.4 Å². The molecule has 1 aromatic carbocycles. The Morgan fingerprint density at radius 3 is 2.42 bits per heavy atom. The Kier molecular flexibility index (Phi) is 8.40. The van der Waals surface area contributed by atoms with E-state index in [-0.39, 0.29) is 22.9 Å². The van der Waals surface area contributed by atoms with Gasteiger partial charge in [-0.2, -0.15) is 10.5 Å². The van der Waals surface area contributed by atoms with Crippen molar-refractivity contribution < 1.29 is 9.47 Å². The summed E-state index contributed by atoms with van der Waals surface area (Å²) >= 11 is 0. The maximum Gasteiger partial charge on any atom is 0.270 e. The molecule has 2 fully saturated rings. The Morgan fingerprint density at radius 2 is 1.75 bits per heavy atom. The van der Waals surface area contributed by atoms with Crippen molar-refractivity contribution in [1.29, 1.82) is 10.5 Å². The highest BCUT2D eigenvalue weighted by Gasteiger charge is 2.26. The molecule has 1 N–H and O–H groups in total. The van der Waals surface area contributed by atoms with E-state index >= 15 is 0 Å². The third-order valence-corrected chi connectivity index (χ3v) is 8.28. The predicted molar refractivity (Wildman–Crippen MR) is 155 cm³/mol. The van der Waals surface area contributed by atoms with Crippen LogP contribution in [0.1, 0.15) is 62.6 Å². The zero-order chi connectivity index (χ0) is 28.1. The van der Waals surface area contributed by atoms with Gasteiger partial charge in [0.1, 0.15) is 42.1 Å². The van der Waals surface area contributed by atoms with E-state index in [2.05, 4.69) is 22.4 Å². The summed E-state index contributed by atoms with van der Waals surface area (Å²) in [5, 5.41) is 22.2. The quantitative estimate of drug-likeness (QED) is 0.474. The Morgan fingerprint density at radius 1 is 1.00 bits per heavy atom. The average Bonchev–Trinajstić information content (AvgIpc) is 2.98. The Labute approximate surface area is 234 Å². The minimum atomic E-state index is -0.325. The second-order valence-electron chi connectivity index (χ2n) is 10.8. The molecule has 3 heterocycles. The normalized spacial score (nSPS) is 16.6. The largest absolute Gasteiger partial charge is 0.486 e. The maximum atomic E-state index is 12.6. The van der Waals surface area contributed by atoms with Crippen LogP contribution in [-0.2, 0) is 7.05 Å². The summed E-state index contributed by atoms with van der Waals surface area (Å²) in [5.41, 5.74) is 2.92. The number of nitriles is 2. The lowest BCUT2D eigenvalue weighted by molar-refractivity contribution is 0.171. The van der Waals surface area contributed by atoms with Crippen molar-refractivity contribution >= 4 is 22.4 Å². The van der Waals surface area contributed by atoms with Crippen LogP contribution in [0.3, 0.4) is 0 Å². The number of benzene rings is 1. The Balaban J connectivity index is 0.000000174. The van der Waals surface area contributed by atoms with E-state index in [1.54, 1.807) is 19.2 Å². The molecule has 0 atom stereocenters. The van der Waals surface area contributed by atoms with Gasteiger partial charge in [-0.25, -0.2) is 4.98 Å². The first-order valence-corrected chi connectivity index (χ1v) is 14.2. The standard InChI is InChI=1S/C18H19N5O.C13H17NO2/c1-22(13-6-4-3-5-7-13)17-14(11-20)18(24)23(2)15-9-8-12(10-19)21-16(15)17;1-2-10(3-1)9-14-11-4-5-12-13(8-11)16-7-6-15-12/h8-9,13H,3-7H2,1-2H3;4-5,8,10,14H,1-3,6-7,9H2. The van der Waals surface area contributed by atoms with Crippen molar-refractivity contribution in [2.75, 3.05) is 37.0 Å². The van der Waals surface area contributed by atoms with E-state index < -0.39 is 0 Å². The fourth-order valence-corrected chi connectivity index (χ4v) is 5.66. The lowest BCUT2D eigenvalue weighted by Crippen LogP contribution is -2.36. The number of aromatic nitrogens is 2. The van der Waals surface area contributed by atoms with Crippen LogP contribution in [0, 0.1) is 28.6 Å². The molecule has 208 valence electrons. The van der Waals surface area contributed by atoms with Crippen molar-refractivity contribution in [3.63, 3.8) is 0 Å². The molecular weight excluding hydrogens is 504 g/mol. The van der Waals surface area contributed by atoms with Gasteiger partial charge in [0.25, 0.3) is 5.56 Å². The Bertz CT molecular complexity index is 1510. The molecule has 9 heteroatoms. The van der Waals surface area contributed by atoms with Crippen molar-refractivity contribution in [3.05, 3.63) is 51.9 Å². The van der Waals surface area contributed by atoms with Crippen LogP contribution in [-0.4, -0.2) is 42.4 Å². The predicted octanol–water partition coefficient (Wildman–Crippen LogP) is 5.12. The smallest absolute Gasteiger partial charge is 0.270 e. The number of ether oxygens (including phenoxy) is 2. The fraction of sp³-hybridized carbons (Fsp3) is 0.484. The third-order valence-electron chi connectivity index (χ3n) is 8.28. The first-order chi connectivity index (χ1) is 19.5. The van der Waals surface area contributed by atoms with Gasteiger partial charge in [-0.05, 0) is 55.9 Å². The number of aryl methyl sites for hydroxylation is 1. The van der Waals surface area contributed by atoms with E-state index in [9.17, 15) is 10.1 Å². The second-order valence-corrected chi connectivity index (χ2v) is 10.8. The topological polar surface area (TPSA) is 116 Å². The third kappa shape index (κ3) is 5.70. The van der Waals surface area contributed by atoms with Gasteiger partial charge in [-0.3, -0.25) is 4.79 Å².